The SMILES string of the molecule is O=C(O)CCN(C(=O)NC1CCC1)C1CC1. The molecule has 5 heteroatoms. The van der Waals surface area contributed by atoms with E-state index in [2.05, 4.69) is 5.32 Å². The van der Waals surface area contributed by atoms with Crippen LogP contribution >= 0.6 is 0 Å². The number of hydrogen-bond donors (Lipinski definition) is 2. The predicted molar refractivity (Wildman–Crippen MR) is 58.2 cm³/mol. The molecule has 2 N–H and O–H groups in total. The summed E-state index contributed by atoms with van der Waals surface area (Å²) in [5.74, 6) is -0.845. The van der Waals surface area contributed by atoms with Crippen LogP contribution in [0.4, 0.5) is 4.79 Å². The van der Waals surface area contributed by atoms with Crippen molar-refractivity contribution in [2.24, 2.45) is 0 Å². The molecule has 0 unspecified atom stereocenters. The molecule has 2 saturated carbocycles. The summed E-state index contributed by atoms with van der Waals surface area (Å²) >= 11 is 0. The Hall–Kier alpha value is -1.26. The fourth-order valence-electron chi connectivity index (χ4n) is 1.86. The third-order valence-electron chi connectivity index (χ3n) is 3.25. The zero-order chi connectivity index (χ0) is 11.5. The maximum absolute atomic E-state index is 11.9. The highest BCUT2D eigenvalue weighted by atomic mass is 16.4. The third kappa shape index (κ3) is 2.87. The molecule has 0 aromatic carbocycles. The lowest BCUT2D eigenvalue weighted by molar-refractivity contribution is -0.137. The van der Waals surface area contributed by atoms with E-state index in [1.54, 1.807) is 4.90 Å². The van der Waals surface area contributed by atoms with E-state index in [-0.39, 0.29) is 18.5 Å². The van der Waals surface area contributed by atoms with Crippen LogP contribution in [0.3, 0.4) is 0 Å². The summed E-state index contributed by atoms with van der Waals surface area (Å²) in [4.78, 5) is 24.0. The normalized spacial score (nSPS) is 20.0. The molecule has 0 radical (unpaired) electrons. The second-order valence-corrected chi connectivity index (χ2v) is 4.65. The molecule has 0 atom stereocenters. The summed E-state index contributed by atoms with van der Waals surface area (Å²) in [6.07, 6.45) is 5.36. The Morgan fingerprint density at radius 1 is 1.25 bits per heavy atom. The molecule has 0 aromatic heterocycles. The summed E-state index contributed by atoms with van der Waals surface area (Å²) in [7, 11) is 0. The smallest absolute Gasteiger partial charge is 0.317 e. The van der Waals surface area contributed by atoms with Crippen LogP contribution in [0.25, 0.3) is 0 Å². The van der Waals surface area contributed by atoms with Crippen LogP contribution in [0.15, 0.2) is 0 Å². The number of carbonyl (C=O) groups is 2. The fraction of sp³-hybridized carbons (Fsp3) is 0.818. The van der Waals surface area contributed by atoms with Crippen molar-refractivity contribution in [3.63, 3.8) is 0 Å². The minimum Gasteiger partial charge on any atom is -0.481 e. The van der Waals surface area contributed by atoms with Gasteiger partial charge >= 0.3 is 12.0 Å². The maximum atomic E-state index is 11.9. The van der Waals surface area contributed by atoms with E-state index < -0.39 is 5.97 Å². The highest BCUT2D eigenvalue weighted by molar-refractivity contribution is 5.76. The van der Waals surface area contributed by atoms with Gasteiger partial charge in [-0.05, 0) is 32.1 Å². The van der Waals surface area contributed by atoms with Crippen LogP contribution in [-0.4, -0.2) is 40.6 Å². The third-order valence-corrected chi connectivity index (χ3v) is 3.25. The quantitative estimate of drug-likeness (QED) is 0.739. The van der Waals surface area contributed by atoms with Crippen LogP contribution in [0.1, 0.15) is 38.5 Å². The molecule has 90 valence electrons. The molecule has 0 spiro atoms. The average Bonchev–Trinajstić information content (AvgIpc) is 2.95. The number of aliphatic carboxylic acids is 1. The molecule has 0 bridgehead atoms. The average molecular weight is 226 g/mol. The fourth-order valence-corrected chi connectivity index (χ4v) is 1.86. The van der Waals surface area contributed by atoms with E-state index in [1.165, 1.54) is 6.42 Å². The van der Waals surface area contributed by atoms with Gasteiger partial charge in [-0.3, -0.25) is 4.79 Å². The summed E-state index contributed by atoms with van der Waals surface area (Å²) in [6.45, 7) is 0.332. The zero-order valence-corrected chi connectivity index (χ0v) is 9.32. The van der Waals surface area contributed by atoms with Gasteiger partial charge < -0.3 is 15.3 Å². The van der Waals surface area contributed by atoms with Crippen molar-refractivity contribution in [2.45, 2.75) is 50.6 Å². The van der Waals surface area contributed by atoms with E-state index in [4.69, 9.17) is 5.11 Å². The van der Waals surface area contributed by atoms with Gasteiger partial charge in [0.15, 0.2) is 0 Å². The summed E-state index contributed by atoms with van der Waals surface area (Å²) in [5, 5.41) is 11.6. The summed E-state index contributed by atoms with van der Waals surface area (Å²) < 4.78 is 0. The molecule has 0 aliphatic heterocycles. The Bertz CT molecular complexity index is 285. The van der Waals surface area contributed by atoms with Gasteiger partial charge in [0.05, 0.1) is 6.42 Å². The number of nitrogens with zero attached hydrogens (tertiary/aromatic N) is 1. The van der Waals surface area contributed by atoms with Crippen molar-refractivity contribution in [3.05, 3.63) is 0 Å². The maximum Gasteiger partial charge on any atom is 0.317 e. The van der Waals surface area contributed by atoms with Crippen molar-refractivity contribution in [1.29, 1.82) is 0 Å². The number of rotatable bonds is 5. The second kappa shape index (κ2) is 4.72. The van der Waals surface area contributed by atoms with Crippen LogP contribution < -0.4 is 5.32 Å². The molecule has 16 heavy (non-hydrogen) atoms. The Balaban J connectivity index is 1.80. The summed E-state index contributed by atoms with van der Waals surface area (Å²) in [6, 6.07) is 0.520. The number of nitrogens with one attached hydrogen (secondary N) is 1. The Labute approximate surface area is 94.8 Å². The first kappa shape index (κ1) is 11.2. The highest BCUT2D eigenvalue weighted by Gasteiger charge is 2.34. The number of hydrogen-bond acceptors (Lipinski definition) is 2. The topological polar surface area (TPSA) is 69.6 Å². The van der Waals surface area contributed by atoms with Gasteiger partial charge in [-0.25, -0.2) is 4.79 Å². The van der Waals surface area contributed by atoms with Crippen molar-refractivity contribution in [3.8, 4) is 0 Å². The molecule has 2 aliphatic rings. The van der Waals surface area contributed by atoms with Crippen LogP contribution in [0.2, 0.25) is 0 Å². The van der Waals surface area contributed by atoms with E-state index in [0.717, 1.165) is 25.7 Å². The van der Waals surface area contributed by atoms with Crippen LogP contribution in [0, 0.1) is 0 Å². The van der Waals surface area contributed by atoms with Gasteiger partial charge in [0.25, 0.3) is 0 Å². The van der Waals surface area contributed by atoms with Crippen LogP contribution in [-0.2, 0) is 4.79 Å². The first-order chi connectivity index (χ1) is 7.66. The van der Waals surface area contributed by atoms with Crippen molar-refractivity contribution >= 4 is 12.0 Å². The van der Waals surface area contributed by atoms with Gasteiger partial charge in [0.2, 0.25) is 0 Å². The standard InChI is InChI=1S/C11H18N2O3/c14-10(15)6-7-13(9-4-5-9)11(16)12-8-2-1-3-8/h8-9H,1-7H2,(H,12,16)(H,14,15). The van der Waals surface area contributed by atoms with Crippen molar-refractivity contribution in [1.82, 2.24) is 10.2 Å². The van der Waals surface area contributed by atoms with Gasteiger partial charge in [-0.15, -0.1) is 0 Å². The Morgan fingerprint density at radius 2 is 1.94 bits per heavy atom. The lowest BCUT2D eigenvalue weighted by Gasteiger charge is -2.30. The minimum absolute atomic E-state index is 0.0363. The monoisotopic (exact) mass is 226 g/mol. The van der Waals surface area contributed by atoms with E-state index >= 15 is 0 Å². The molecule has 2 amide bonds. The second-order valence-electron chi connectivity index (χ2n) is 4.65. The van der Waals surface area contributed by atoms with Crippen molar-refractivity contribution in [2.75, 3.05) is 6.54 Å². The van der Waals surface area contributed by atoms with E-state index in [9.17, 15) is 9.59 Å². The number of carboxylic acid groups (broad SMARTS) is 1. The van der Waals surface area contributed by atoms with E-state index in [1.807, 2.05) is 0 Å². The molecule has 0 heterocycles. The number of carboxylic acids is 1. The molecule has 0 aromatic rings. The first-order valence-electron chi connectivity index (χ1n) is 5.96. The van der Waals surface area contributed by atoms with Gasteiger partial charge in [-0.1, -0.05) is 0 Å². The lowest BCUT2D eigenvalue weighted by Crippen LogP contribution is -2.48. The number of amides is 2. The molecular weight excluding hydrogens is 208 g/mol. The summed E-state index contributed by atoms with van der Waals surface area (Å²) in [5.41, 5.74) is 0. The first-order valence-corrected chi connectivity index (χ1v) is 5.96. The Morgan fingerprint density at radius 3 is 2.38 bits per heavy atom. The molecular formula is C11H18N2O3. The van der Waals surface area contributed by atoms with Gasteiger partial charge in [0.1, 0.15) is 0 Å². The zero-order valence-electron chi connectivity index (χ0n) is 9.32. The lowest BCUT2D eigenvalue weighted by atomic mass is 9.93. The van der Waals surface area contributed by atoms with E-state index in [0.29, 0.717) is 12.6 Å². The predicted octanol–water partition coefficient (Wildman–Crippen LogP) is 1.19. The van der Waals surface area contributed by atoms with Crippen molar-refractivity contribution < 1.29 is 14.7 Å². The molecule has 5 nitrogen and oxygen atoms in total. The Kier molecular flexibility index (Phi) is 3.31. The molecule has 2 rings (SSSR count). The molecule has 2 fully saturated rings. The molecule has 2 aliphatic carbocycles. The molecule has 0 saturated heterocycles. The number of carbonyl (C=O) groups excluding carboxylic acids is 1. The van der Waals surface area contributed by atoms with Crippen LogP contribution in [0.5, 0.6) is 0 Å². The highest BCUT2D eigenvalue weighted by Crippen LogP contribution is 2.27. The minimum atomic E-state index is -0.845. The van der Waals surface area contributed by atoms with Gasteiger partial charge in [-0.2, -0.15) is 0 Å². The largest absolute Gasteiger partial charge is 0.481 e. The van der Waals surface area contributed by atoms with Gasteiger partial charge in [0, 0.05) is 18.6 Å². The number of urea groups is 1.